The van der Waals surface area contributed by atoms with Crippen molar-refractivity contribution in [2.45, 2.75) is 39.8 Å². The van der Waals surface area contributed by atoms with Crippen LogP contribution in [0, 0.1) is 5.92 Å². The molecule has 1 aromatic carbocycles. The number of rotatable bonds is 9. The zero-order valence-corrected chi connectivity index (χ0v) is 18.9. The van der Waals surface area contributed by atoms with Crippen molar-refractivity contribution in [3.05, 3.63) is 42.1 Å². The zero-order valence-electron chi connectivity index (χ0n) is 16.6. The fraction of sp³-hybridized carbons (Fsp3) is 0.500. The molecule has 0 saturated heterocycles. The van der Waals surface area contributed by atoms with Crippen LogP contribution in [0.2, 0.25) is 0 Å². The molecule has 0 spiro atoms. The van der Waals surface area contributed by atoms with Crippen molar-refractivity contribution in [1.29, 1.82) is 0 Å². The smallest absolute Gasteiger partial charge is 0.191 e. The third kappa shape index (κ3) is 7.88. The van der Waals surface area contributed by atoms with Crippen molar-refractivity contribution in [3.8, 4) is 11.3 Å². The Morgan fingerprint density at radius 2 is 1.96 bits per heavy atom. The third-order valence-corrected chi connectivity index (χ3v) is 4.12. The maximum absolute atomic E-state index is 5.77. The Bertz CT molecular complexity index is 674. The Labute approximate surface area is 179 Å². The molecule has 27 heavy (non-hydrogen) atoms. The predicted molar refractivity (Wildman–Crippen MR) is 120 cm³/mol. The summed E-state index contributed by atoms with van der Waals surface area (Å²) in [5, 5.41) is 10.7. The van der Waals surface area contributed by atoms with E-state index < -0.39 is 0 Å². The molecule has 1 aromatic heterocycles. The van der Waals surface area contributed by atoms with Gasteiger partial charge in [0.05, 0.1) is 12.6 Å². The molecule has 0 saturated carbocycles. The highest BCUT2D eigenvalue weighted by atomic mass is 127. The van der Waals surface area contributed by atoms with Gasteiger partial charge in [-0.05, 0) is 19.3 Å². The molecule has 6 nitrogen and oxygen atoms in total. The van der Waals surface area contributed by atoms with E-state index in [1.165, 1.54) is 0 Å². The van der Waals surface area contributed by atoms with Gasteiger partial charge in [0.2, 0.25) is 0 Å². The Hall–Kier alpha value is -1.61. The molecule has 1 heterocycles. The fourth-order valence-corrected chi connectivity index (χ4v) is 2.68. The largest absolute Gasteiger partial charge is 0.378 e. The summed E-state index contributed by atoms with van der Waals surface area (Å²) in [4.78, 5) is 4.25. The van der Waals surface area contributed by atoms with Crippen LogP contribution in [-0.4, -0.2) is 37.4 Å². The van der Waals surface area contributed by atoms with Crippen LogP contribution in [0.25, 0.3) is 11.3 Å². The van der Waals surface area contributed by atoms with Crippen LogP contribution in [0.15, 0.2) is 45.9 Å². The van der Waals surface area contributed by atoms with E-state index in [0.29, 0.717) is 12.5 Å². The molecule has 7 heteroatoms. The number of halogens is 1. The summed E-state index contributed by atoms with van der Waals surface area (Å²) in [6.07, 6.45) is 1.20. The monoisotopic (exact) mass is 486 g/mol. The molecule has 2 rings (SSSR count). The minimum Gasteiger partial charge on any atom is -0.378 e. The summed E-state index contributed by atoms with van der Waals surface area (Å²) in [5.41, 5.74) is 1.85. The number of hydrogen-bond acceptors (Lipinski definition) is 4. The number of hydrogen-bond donors (Lipinski definition) is 2. The van der Waals surface area contributed by atoms with E-state index in [0.717, 1.165) is 42.5 Å². The summed E-state index contributed by atoms with van der Waals surface area (Å²) in [7, 11) is 1.76. The van der Waals surface area contributed by atoms with E-state index in [4.69, 9.17) is 9.26 Å². The first-order chi connectivity index (χ1) is 12.6. The number of ether oxygens (including phenoxy) is 1. The van der Waals surface area contributed by atoms with E-state index in [9.17, 15) is 0 Å². The molecule has 0 aliphatic rings. The van der Waals surface area contributed by atoms with E-state index in [2.05, 4.69) is 34.6 Å². The average Bonchev–Trinajstić information content (AvgIpc) is 3.13. The highest BCUT2D eigenvalue weighted by Crippen LogP contribution is 2.19. The van der Waals surface area contributed by atoms with E-state index in [1.54, 1.807) is 7.05 Å². The number of aromatic nitrogens is 1. The topological polar surface area (TPSA) is 71.7 Å². The maximum Gasteiger partial charge on any atom is 0.191 e. The van der Waals surface area contributed by atoms with E-state index in [-0.39, 0.29) is 30.1 Å². The number of nitrogens with one attached hydrogen (secondary N) is 2. The Morgan fingerprint density at radius 3 is 2.59 bits per heavy atom. The standard InChI is InChI=1S/C20H30N4O2.HI/c1-5-25-18(15(2)3)11-12-22-20(21-4)23-14-17-13-19(26-24-17)16-9-7-6-8-10-16;/h6-10,13,15,18H,5,11-12,14H2,1-4H3,(H2,21,22,23);1H. The molecule has 0 bridgehead atoms. The van der Waals surface area contributed by atoms with Gasteiger partial charge in [0.1, 0.15) is 5.69 Å². The summed E-state index contributed by atoms with van der Waals surface area (Å²) >= 11 is 0. The SMILES string of the molecule is CCOC(CCNC(=NC)NCc1cc(-c2ccccc2)on1)C(C)C.I. The van der Waals surface area contributed by atoms with Gasteiger partial charge in [-0.25, -0.2) is 0 Å². The minimum atomic E-state index is 0. The fourth-order valence-electron chi connectivity index (χ4n) is 2.68. The number of aliphatic imine (C=N–C) groups is 1. The van der Waals surface area contributed by atoms with Crippen molar-refractivity contribution in [1.82, 2.24) is 15.8 Å². The van der Waals surface area contributed by atoms with E-state index >= 15 is 0 Å². The maximum atomic E-state index is 5.77. The number of benzene rings is 1. The molecule has 0 aliphatic heterocycles. The Balaban J connectivity index is 0.00000364. The second-order valence-corrected chi connectivity index (χ2v) is 6.43. The highest BCUT2D eigenvalue weighted by molar-refractivity contribution is 14.0. The van der Waals surface area contributed by atoms with Crippen molar-refractivity contribution in [2.75, 3.05) is 20.2 Å². The average molecular weight is 486 g/mol. The quantitative estimate of drug-likeness (QED) is 0.318. The lowest BCUT2D eigenvalue weighted by Crippen LogP contribution is -2.39. The summed E-state index contributed by atoms with van der Waals surface area (Å²) in [6.45, 7) is 8.49. The van der Waals surface area contributed by atoms with Gasteiger partial charge in [0, 0.05) is 31.8 Å². The highest BCUT2D eigenvalue weighted by Gasteiger charge is 2.13. The molecular weight excluding hydrogens is 455 g/mol. The first-order valence-electron chi connectivity index (χ1n) is 9.21. The first kappa shape index (κ1) is 23.4. The van der Waals surface area contributed by atoms with Crippen LogP contribution in [0.5, 0.6) is 0 Å². The summed E-state index contributed by atoms with van der Waals surface area (Å²) in [5.74, 6) is 2.01. The van der Waals surface area contributed by atoms with Crippen molar-refractivity contribution < 1.29 is 9.26 Å². The zero-order chi connectivity index (χ0) is 18.8. The van der Waals surface area contributed by atoms with Gasteiger partial charge in [-0.3, -0.25) is 4.99 Å². The van der Waals surface area contributed by atoms with Crippen molar-refractivity contribution >= 4 is 29.9 Å². The molecule has 0 aliphatic carbocycles. The van der Waals surface area contributed by atoms with Crippen LogP contribution < -0.4 is 10.6 Å². The van der Waals surface area contributed by atoms with Gasteiger partial charge >= 0.3 is 0 Å². The second-order valence-electron chi connectivity index (χ2n) is 6.43. The number of guanidine groups is 1. The molecule has 0 radical (unpaired) electrons. The van der Waals surface area contributed by atoms with Crippen molar-refractivity contribution in [3.63, 3.8) is 0 Å². The lowest BCUT2D eigenvalue weighted by molar-refractivity contribution is 0.0258. The molecule has 2 N–H and O–H groups in total. The van der Waals surface area contributed by atoms with Gasteiger partial charge in [0.25, 0.3) is 0 Å². The van der Waals surface area contributed by atoms with E-state index in [1.807, 2.05) is 43.3 Å². The lowest BCUT2D eigenvalue weighted by atomic mass is 10.0. The normalized spacial score (nSPS) is 12.6. The Kier molecular flexibility index (Phi) is 11.0. The molecule has 2 aromatic rings. The summed E-state index contributed by atoms with van der Waals surface area (Å²) < 4.78 is 11.2. The first-order valence-corrected chi connectivity index (χ1v) is 9.21. The van der Waals surface area contributed by atoms with Gasteiger partial charge in [0.15, 0.2) is 11.7 Å². The van der Waals surface area contributed by atoms with Gasteiger partial charge in [-0.2, -0.15) is 0 Å². The van der Waals surface area contributed by atoms with Gasteiger partial charge < -0.3 is 19.9 Å². The molecule has 1 atom stereocenters. The second kappa shape index (κ2) is 12.7. The van der Waals surface area contributed by atoms with Crippen molar-refractivity contribution in [2.24, 2.45) is 10.9 Å². The molecule has 1 unspecified atom stereocenters. The van der Waals surface area contributed by atoms with Gasteiger partial charge in [-0.1, -0.05) is 49.3 Å². The van der Waals surface area contributed by atoms with Crippen LogP contribution in [0.1, 0.15) is 32.9 Å². The summed E-state index contributed by atoms with van der Waals surface area (Å²) in [6, 6.07) is 11.9. The molecule has 0 fully saturated rings. The third-order valence-electron chi connectivity index (χ3n) is 4.12. The van der Waals surface area contributed by atoms with Gasteiger partial charge in [-0.15, -0.1) is 24.0 Å². The minimum absolute atomic E-state index is 0. The predicted octanol–water partition coefficient (Wildman–Crippen LogP) is 4.08. The lowest BCUT2D eigenvalue weighted by Gasteiger charge is -2.21. The van der Waals surface area contributed by atoms with Crippen LogP contribution in [0.3, 0.4) is 0 Å². The van der Waals surface area contributed by atoms with Crippen LogP contribution in [0.4, 0.5) is 0 Å². The molecule has 0 amide bonds. The van der Waals surface area contributed by atoms with Crippen LogP contribution in [-0.2, 0) is 11.3 Å². The number of nitrogens with zero attached hydrogens (tertiary/aromatic N) is 2. The molecule has 150 valence electrons. The molecular formula is C20H31IN4O2. The Morgan fingerprint density at radius 1 is 1.22 bits per heavy atom. The van der Waals surface area contributed by atoms with Crippen LogP contribution >= 0.6 is 24.0 Å².